The van der Waals surface area contributed by atoms with E-state index in [0.717, 1.165) is 23.2 Å². The Bertz CT molecular complexity index is 843. The Morgan fingerprint density at radius 3 is 2.48 bits per heavy atom. The molecule has 0 spiro atoms. The summed E-state index contributed by atoms with van der Waals surface area (Å²) in [5.74, 6) is 0.264. The predicted molar refractivity (Wildman–Crippen MR) is 111 cm³/mol. The molecule has 2 rings (SSSR count). The zero-order chi connectivity index (χ0) is 20.0. The largest absolute Gasteiger partial charge is 0.355 e. The summed E-state index contributed by atoms with van der Waals surface area (Å²) in [5.41, 5.74) is 4.67. The van der Waals surface area contributed by atoms with Crippen LogP contribution in [0.5, 0.6) is 0 Å². The van der Waals surface area contributed by atoms with E-state index in [0.29, 0.717) is 23.1 Å². The van der Waals surface area contributed by atoms with E-state index in [4.69, 9.17) is 0 Å². The van der Waals surface area contributed by atoms with Gasteiger partial charge < -0.3 is 5.32 Å². The molecule has 0 saturated carbocycles. The molecule has 2 atom stereocenters. The van der Waals surface area contributed by atoms with Crippen molar-refractivity contribution in [2.45, 2.75) is 57.2 Å². The Hall–Kier alpha value is -2.32. The first-order chi connectivity index (χ1) is 12.9. The van der Waals surface area contributed by atoms with Gasteiger partial charge in [-0.2, -0.15) is 5.26 Å². The Morgan fingerprint density at radius 1 is 1.22 bits per heavy atom. The van der Waals surface area contributed by atoms with Gasteiger partial charge in [0.2, 0.25) is 5.91 Å². The summed E-state index contributed by atoms with van der Waals surface area (Å²) in [5, 5.41) is 12.9. The van der Waals surface area contributed by atoms with E-state index in [2.05, 4.69) is 35.4 Å². The quantitative estimate of drug-likeness (QED) is 0.708. The van der Waals surface area contributed by atoms with Gasteiger partial charge in [0, 0.05) is 18.2 Å². The van der Waals surface area contributed by atoms with Crippen molar-refractivity contribution < 1.29 is 4.79 Å². The minimum absolute atomic E-state index is 0.0315. The third kappa shape index (κ3) is 5.11. The van der Waals surface area contributed by atoms with Crippen LogP contribution in [0.25, 0.3) is 0 Å². The third-order valence-electron chi connectivity index (χ3n) is 5.02. The van der Waals surface area contributed by atoms with E-state index in [1.807, 2.05) is 45.9 Å². The van der Waals surface area contributed by atoms with Crippen LogP contribution in [-0.2, 0) is 4.79 Å². The number of carbonyl (C=O) groups excluding carboxylic acids is 1. The van der Waals surface area contributed by atoms with Crippen molar-refractivity contribution in [3.63, 3.8) is 0 Å². The van der Waals surface area contributed by atoms with Gasteiger partial charge in [-0.1, -0.05) is 49.0 Å². The summed E-state index contributed by atoms with van der Waals surface area (Å²) in [6.07, 6.45) is 0.961. The maximum Gasteiger partial charge on any atom is 0.233 e. The molecule has 1 N–H and O–H groups in total. The number of nitriles is 1. The van der Waals surface area contributed by atoms with E-state index in [1.165, 1.54) is 17.3 Å². The van der Waals surface area contributed by atoms with Crippen molar-refractivity contribution in [3.05, 3.63) is 58.3 Å². The Labute approximate surface area is 166 Å². The fraction of sp³-hybridized carbons (Fsp3) is 0.409. The fourth-order valence-electron chi connectivity index (χ4n) is 2.94. The lowest BCUT2D eigenvalue weighted by Crippen LogP contribution is -2.34. The molecule has 5 heteroatoms. The second-order valence-corrected chi connectivity index (χ2v) is 8.09. The highest BCUT2D eigenvalue weighted by molar-refractivity contribution is 8.00. The van der Waals surface area contributed by atoms with Gasteiger partial charge in [-0.15, -0.1) is 0 Å². The fourth-order valence-corrected chi connectivity index (χ4v) is 3.97. The highest BCUT2D eigenvalue weighted by Gasteiger charge is 2.21. The number of aromatic nitrogens is 1. The average Bonchev–Trinajstić information content (AvgIpc) is 2.67. The topological polar surface area (TPSA) is 65.8 Å². The molecule has 0 bridgehead atoms. The lowest BCUT2D eigenvalue weighted by molar-refractivity contribution is -0.120. The van der Waals surface area contributed by atoms with E-state index >= 15 is 0 Å². The van der Waals surface area contributed by atoms with Crippen LogP contribution in [0.15, 0.2) is 35.4 Å². The molecule has 142 valence electrons. The molecular weight excluding hydrogens is 354 g/mol. The van der Waals surface area contributed by atoms with Gasteiger partial charge in [-0.25, -0.2) is 4.98 Å². The highest BCUT2D eigenvalue weighted by atomic mass is 32.2. The van der Waals surface area contributed by atoms with Gasteiger partial charge in [-0.05, 0) is 50.8 Å². The zero-order valence-corrected chi connectivity index (χ0v) is 17.5. The van der Waals surface area contributed by atoms with Crippen LogP contribution < -0.4 is 5.32 Å². The summed E-state index contributed by atoms with van der Waals surface area (Å²) < 4.78 is 0. The molecule has 27 heavy (non-hydrogen) atoms. The number of pyridine rings is 1. The summed E-state index contributed by atoms with van der Waals surface area (Å²) in [4.78, 5) is 17.1. The SMILES string of the molecule is CC[C@H](CNC(=O)[C@@H](C)Sc1nc(C)c(C)c(C)c1C#N)c1ccccc1. The molecule has 1 aromatic carbocycles. The Balaban J connectivity index is 2.05. The van der Waals surface area contributed by atoms with E-state index in [-0.39, 0.29) is 11.2 Å². The van der Waals surface area contributed by atoms with Crippen molar-refractivity contribution in [2.75, 3.05) is 6.54 Å². The van der Waals surface area contributed by atoms with Gasteiger partial charge in [0.1, 0.15) is 11.1 Å². The summed E-state index contributed by atoms with van der Waals surface area (Å²) in [6, 6.07) is 12.5. The number of rotatable bonds is 7. The van der Waals surface area contributed by atoms with Gasteiger partial charge >= 0.3 is 0 Å². The monoisotopic (exact) mass is 381 g/mol. The Morgan fingerprint density at radius 2 is 1.89 bits per heavy atom. The van der Waals surface area contributed by atoms with Crippen LogP contribution in [0.4, 0.5) is 0 Å². The van der Waals surface area contributed by atoms with Crippen molar-refractivity contribution in [3.8, 4) is 6.07 Å². The first kappa shape index (κ1) is 21.0. The number of hydrogen-bond acceptors (Lipinski definition) is 4. The number of amides is 1. The van der Waals surface area contributed by atoms with Crippen LogP contribution >= 0.6 is 11.8 Å². The molecule has 4 nitrogen and oxygen atoms in total. The molecule has 0 aliphatic carbocycles. The van der Waals surface area contributed by atoms with Gasteiger partial charge in [0.15, 0.2) is 0 Å². The molecule has 0 fully saturated rings. The Kier molecular flexibility index (Phi) is 7.44. The van der Waals surface area contributed by atoms with E-state index in [9.17, 15) is 10.1 Å². The molecule has 1 aromatic heterocycles. The van der Waals surface area contributed by atoms with Crippen molar-refractivity contribution in [1.29, 1.82) is 5.26 Å². The van der Waals surface area contributed by atoms with Crippen LogP contribution in [0.1, 0.15) is 54.1 Å². The first-order valence-corrected chi connectivity index (χ1v) is 10.1. The van der Waals surface area contributed by atoms with Crippen molar-refractivity contribution >= 4 is 17.7 Å². The highest BCUT2D eigenvalue weighted by Crippen LogP contribution is 2.29. The van der Waals surface area contributed by atoms with Crippen molar-refractivity contribution in [1.82, 2.24) is 10.3 Å². The average molecular weight is 382 g/mol. The predicted octanol–water partition coefficient (Wildman–Crippen LogP) is 4.67. The standard InChI is InChI=1S/C22H27N3OS/c1-6-18(19-10-8-7-9-11-19)13-24-21(26)17(5)27-22-20(12-23)15(3)14(2)16(4)25-22/h7-11,17-18H,6,13H2,1-5H3,(H,24,26)/t17-,18-/m1/s1. The molecular formula is C22H27N3OS. The van der Waals surface area contributed by atoms with E-state index < -0.39 is 0 Å². The van der Waals surface area contributed by atoms with Crippen LogP contribution in [0.2, 0.25) is 0 Å². The summed E-state index contributed by atoms with van der Waals surface area (Å²) in [7, 11) is 0. The second-order valence-electron chi connectivity index (χ2n) is 6.76. The lowest BCUT2D eigenvalue weighted by atomic mass is 9.96. The number of hydrogen-bond donors (Lipinski definition) is 1. The lowest BCUT2D eigenvalue weighted by Gasteiger charge is -2.19. The number of aryl methyl sites for hydroxylation is 1. The molecule has 0 unspecified atom stereocenters. The summed E-state index contributed by atoms with van der Waals surface area (Å²) >= 11 is 1.35. The molecule has 1 amide bonds. The minimum Gasteiger partial charge on any atom is -0.355 e. The zero-order valence-electron chi connectivity index (χ0n) is 16.7. The van der Waals surface area contributed by atoms with Gasteiger partial charge in [0.05, 0.1) is 10.8 Å². The second kappa shape index (κ2) is 9.57. The maximum absolute atomic E-state index is 12.6. The number of thioether (sulfide) groups is 1. The number of benzene rings is 1. The molecule has 1 heterocycles. The van der Waals surface area contributed by atoms with E-state index in [1.54, 1.807) is 0 Å². The van der Waals surface area contributed by atoms with Crippen LogP contribution in [0.3, 0.4) is 0 Å². The third-order valence-corrected chi connectivity index (χ3v) is 6.11. The number of carbonyl (C=O) groups is 1. The molecule has 0 aliphatic heterocycles. The smallest absolute Gasteiger partial charge is 0.233 e. The first-order valence-electron chi connectivity index (χ1n) is 9.26. The number of nitrogens with one attached hydrogen (secondary N) is 1. The maximum atomic E-state index is 12.6. The molecule has 0 radical (unpaired) electrons. The normalized spacial score (nSPS) is 12.9. The van der Waals surface area contributed by atoms with Crippen LogP contribution in [-0.4, -0.2) is 22.7 Å². The van der Waals surface area contributed by atoms with Crippen LogP contribution in [0, 0.1) is 32.1 Å². The molecule has 0 aliphatic rings. The van der Waals surface area contributed by atoms with Crippen molar-refractivity contribution in [2.24, 2.45) is 0 Å². The molecule has 2 aromatic rings. The summed E-state index contributed by atoms with van der Waals surface area (Å²) in [6.45, 7) is 10.4. The van der Waals surface area contributed by atoms with Gasteiger partial charge in [-0.3, -0.25) is 4.79 Å². The minimum atomic E-state index is -0.320. The van der Waals surface area contributed by atoms with Gasteiger partial charge in [0.25, 0.3) is 0 Å². The molecule has 0 saturated heterocycles. The number of nitrogens with zero attached hydrogens (tertiary/aromatic N) is 2.